The van der Waals surface area contributed by atoms with Crippen molar-refractivity contribution in [3.8, 4) is 5.75 Å². The molecule has 0 aliphatic rings. The predicted octanol–water partition coefficient (Wildman–Crippen LogP) is 3.32. The van der Waals surface area contributed by atoms with Crippen LogP contribution in [-0.4, -0.2) is 13.0 Å². The average Bonchev–Trinajstić information content (AvgIpc) is 2.45. The van der Waals surface area contributed by atoms with E-state index >= 15 is 0 Å². The highest BCUT2D eigenvalue weighted by atomic mass is 79.9. The lowest BCUT2D eigenvalue weighted by Gasteiger charge is -2.09. The highest BCUT2D eigenvalue weighted by Crippen LogP contribution is 2.17. The summed E-state index contributed by atoms with van der Waals surface area (Å²) in [5.74, 6) is 0.782. The molecule has 0 aliphatic heterocycles. The minimum absolute atomic E-state index is 0.00555. The molecule has 0 fully saturated rings. The van der Waals surface area contributed by atoms with Gasteiger partial charge in [-0.3, -0.25) is 4.79 Å². The molecule has 2 aromatic rings. The van der Waals surface area contributed by atoms with Crippen LogP contribution in [0.1, 0.15) is 11.1 Å². The van der Waals surface area contributed by atoms with Crippen LogP contribution in [0.3, 0.4) is 0 Å². The third-order valence-corrected chi connectivity index (χ3v) is 3.42. The molecule has 0 unspecified atom stereocenters. The van der Waals surface area contributed by atoms with E-state index < -0.39 is 0 Å². The van der Waals surface area contributed by atoms with Gasteiger partial charge in [-0.15, -0.1) is 0 Å². The van der Waals surface area contributed by atoms with Gasteiger partial charge in [0.15, 0.2) is 0 Å². The standard InChI is InChI=1S/C16H16BrNO2/c1-20-15-8-3-2-6-13(15)11-18-16(19)10-12-5-4-7-14(17)9-12/h2-9H,10-11H2,1H3,(H,18,19). The predicted molar refractivity (Wildman–Crippen MR) is 82.7 cm³/mol. The molecular formula is C16H16BrNO2. The van der Waals surface area contributed by atoms with Gasteiger partial charge in [-0.25, -0.2) is 0 Å². The Kier molecular flexibility index (Phi) is 5.18. The molecule has 0 bridgehead atoms. The van der Waals surface area contributed by atoms with Crippen molar-refractivity contribution in [2.45, 2.75) is 13.0 Å². The van der Waals surface area contributed by atoms with Crippen molar-refractivity contribution < 1.29 is 9.53 Å². The SMILES string of the molecule is COc1ccccc1CNC(=O)Cc1cccc(Br)c1. The van der Waals surface area contributed by atoms with Crippen molar-refractivity contribution in [3.63, 3.8) is 0 Å². The summed E-state index contributed by atoms with van der Waals surface area (Å²) < 4.78 is 6.23. The van der Waals surface area contributed by atoms with Crippen LogP contribution in [-0.2, 0) is 17.8 Å². The van der Waals surface area contributed by atoms with E-state index in [1.54, 1.807) is 7.11 Å². The molecule has 0 saturated carbocycles. The third kappa shape index (κ3) is 4.10. The van der Waals surface area contributed by atoms with Crippen LogP contribution in [0, 0.1) is 0 Å². The van der Waals surface area contributed by atoms with Crippen LogP contribution in [0.5, 0.6) is 5.75 Å². The van der Waals surface area contributed by atoms with E-state index in [1.165, 1.54) is 0 Å². The van der Waals surface area contributed by atoms with Crippen LogP contribution < -0.4 is 10.1 Å². The highest BCUT2D eigenvalue weighted by molar-refractivity contribution is 9.10. The Morgan fingerprint density at radius 2 is 2.00 bits per heavy atom. The van der Waals surface area contributed by atoms with Crippen molar-refractivity contribution in [1.29, 1.82) is 0 Å². The molecule has 0 saturated heterocycles. The topological polar surface area (TPSA) is 38.3 Å². The van der Waals surface area contributed by atoms with Gasteiger partial charge in [0, 0.05) is 16.6 Å². The Morgan fingerprint density at radius 1 is 1.20 bits per heavy atom. The van der Waals surface area contributed by atoms with Crippen LogP contribution in [0.25, 0.3) is 0 Å². The summed E-state index contributed by atoms with van der Waals surface area (Å²) in [6.07, 6.45) is 0.370. The maximum atomic E-state index is 11.9. The zero-order valence-electron chi connectivity index (χ0n) is 11.2. The van der Waals surface area contributed by atoms with E-state index in [1.807, 2.05) is 48.5 Å². The number of halogens is 1. The second kappa shape index (κ2) is 7.10. The molecule has 2 aromatic carbocycles. The summed E-state index contributed by atoms with van der Waals surface area (Å²) in [6.45, 7) is 0.469. The first-order chi connectivity index (χ1) is 9.69. The van der Waals surface area contributed by atoms with E-state index in [-0.39, 0.29) is 5.91 Å². The highest BCUT2D eigenvalue weighted by Gasteiger charge is 2.06. The van der Waals surface area contributed by atoms with Crippen molar-refractivity contribution in [3.05, 3.63) is 64.1 Å². The average molecular weight is 334 g/mol. The number of carbonyl (C=O) groups is 1. The van der Waals surface area contributed by atoms with E-state index in [9.17, 15) is 4.79 Å². The second-order valence-corrected chi connectivity index (χ2v) is 5.31. The van der Waals surface area contributed by atoms with Gasteiger partial charge < -0.3 is 10.1 Å². The minimum atomic E-state index is -0.00555. The first-order valence-electron chi connectivity index (χ1n) is 6.32. The number of amides is 1. The fourth-order valence-corrected chi connectivity index (χ4v) is 2.38. The first kappa shape index (κ1) is 14.6. The number of ether oxygens (including phenoxy) is 1. The summed E-state index contributed by atoms with van der Waals surface area (Å²) in [5, 5.41) is 2.91. The molecule has 0 heterocycles. The Bertz CT molecular complexity index is 599. The van der Waals surface area contributed by atoms with Gasteiger partial charge in [0.05, 0.1) is 13.5 Å². The lowest BCUT2D eigenvalue weighted by atomic mass is 10.1. The van der Waals surface area contributed by atoms with Gasteiger partial charge >= 0.3 is 0 Å². The molecule has 0 aliphatic carbocycles. The Balaban J connectivity index is 1.92. The Hall–Kier alpha value is -1.81. The zero-order valence-corrected chi connectivity index (χ0v) is 12.8. The van der Waals surface area contributed by atoms with Crippen molar-refractivity contribution >= 4 is 21.8 Å². The maximum Gasteiger partial charge on any atom is 0.224 e. The molecule has 4 heteroatoms. The van der Waals surface area contributed by atoms with Gasteiger partial charge in [0.2, 0.25) is 5.91 Å². The van der Waals surface area contributed by atoms with E-state index in [0.29, 0.717) is 13.0 Å². The quantitative estimate of drug-likeness (QED) is 0.911. The number of methoxy groups -OCH3 is 1. The van der Waals surface area contributed by atoms with Crippen LogP contribution in [0.4, 0.5) is 0 Å². The number of hydrogen-bond donors (Lipinski definition) is 1. The molecular weight excluding hydrogens is 318 g/mol. The molecule has 20 heavy (non-hydrogen) atoms. The summed E-state index contributed by atoms with van der Waals surface area (Å²) in [4.78, 5) is 11.9. The smallest absolute Gasteiger partial charge is 0.224 e. The number of nitrogens with one attached hydrogen (secondary N) is 1. The summed E-state index contributed by atoms with van der Waals surface area (Å²) >= 11 is 3.40. The second-order valence-electron chi connectivity index (χ2n) is 4.40. The fourth-order valence-electron chi connectivity index (χ4n) is 1.94. The van der Waals surface area contributed by atoms with E-state index in [0.717, 1.165) is 21.3 Å². The normalized spacial score (nSPS) is 10.1. The molecule has 0 aromatic heterocycles. The number of hydrogen-bond acceptors (Lipinski definition) is 2. The third-order valence-electron chi connectivity index (χ3n) is 2.92. The fraction of sp³-hybridized carbons (Fsp3) is 0.188. The van der Waals surface area contributed by atoms with Gasteiger partial charge in [-0.05, 0) is 23.8 Å². The minimum Gasteiger partial charge on any atom is -0.496 e. The zero-order chi connectivity index (χ0) is 14.4. The van der Waals surface area contributed by atoms with Crippen molar-refractivity contribution in [1.82, 2.24) is 5.32 Å². The van der Waals surface area contributed by atoms with Gasteiger partial charge in [0.1, 0.15) is 5.75 Å². The van der Waals surface area contributed by atoms with Gasteiger partial charge in [0.25, 0.3) is 0 Å². The lowest BCUT2D eigenvalue weighted by Crippen LogP contribution is -2.24. The molecule has 2 rings (SSSR count). The van der Waals surface area contributed by atoms with Crippen LogP contribution >= 0.6 is 15.9 Å². The lowest BCUT2D eigenvalue weighted by molar-refractivity contribution is -0.120. The monoisotopic (exact) mass is 333 g/mol. The number of para-hydroxylation sites is 1. The maximum absolute atomic E-state index is 11.9. The van der Waals surface area contributed by atoms with Gasteiger partial charge in [-0.1, -0.05) is 46.3 Å². The van der Waals surface area contributed by atoms with E-state index in [2.05, 4.69) is 21.2 Å². The number of carbonyl (C=O) groups excluding carboxylic acids is 1. The van der Waals surface area contributed by atoms with E-state index in [4.69, 9.17) is 4.74 Å². The van der Waals surface area contributed by atoms with Crippen molar-refractivity contribution in [2.24, 2.45) is 0 Å². The van der Waals surface area contributed by atoms with Crippen LogP contribution in [0.2, 0.25) is 0 Å². The Labute approximate surface area is 127 Å². The molecule has 0 spiro atoms. The largest absolute Gasteiger partial charge is 0.496 e. The molecule has 3 nitrogen and oxygen atoms in total. The van der Waals surface area contributed by atoms with Crippen LogP contribution in [0.15, 0.2) is 53.0 Å². The van der Waals surface area contributed by atoms with Crippen molar-refractivity contribution in [2.75, 3.05) is 7.11 Å². The number of rotatable bonds is 5. The molecule has 1 amide bonds. The summed E-state index contributed by atoms with van der Waals surface area (Å²) in [5.41, 5.74) is 1.95. The first-order valence-corrected chi connectivity index (χ1v) is 7.11. The molecule has 1 N–H and O–H groups in total. The molecule has 104 valence electrons. The summed E-state index contributed by atoms with van der Waals surface area (Å²) in [7, 11) is 1.63. The molecule has 0 atom stereocenters. The molecule has 0 radical (unpaired) electrons. The number of benzene rings is 2. The summed E-state index contributed by atoms with van der Waals surface area (Å²) in [6, 6.07) is 15.4. The Morgan fingerprint density at radius 3 is 2.75 bits per heavy atom. The van der Waals surface area contributed by atoms with Gasteiger partial charge in [-0.2, -0.15) is 0 Å².